The fraction of sp³-hybridized carbons (Fsp3) is 1.00. The first-order valence-electron chi connectivity index (χ1n) is 1.97. The Morgan fingerprint density at radius 1 is 1.80 bits per heavy atom. The topological polar surface area (TPSA) is 0 Å². The Morgan fingerprint density at radius 2 is 2.40 bits per heavy atom. The number of hydrogen-bond donors (Lipinski definition) is 0. The second kappa shape index (κ2) is 4.12. The van der Waals surface area contributed by atoms with Crippen LogP contribution in [0.2, 0.25) is 6.22 Å². The van der Waals surface area contributed by atoms with Crippen LogP contribution in [-0.2, 0) is 0 Å². The molecule has 0 N–H and O–H groups in total. The van der Waals surface area contributed by atoms with E-state index in [9.17, 15) is 4.32 Å². The Hall–Kier alpha value is 0.125. The smallest absolute Gasteiger partial charge is 0.289 e. The molecular formula is CH6B3F. The van der Waals surface area contributed by atoms with Crippen LogP contribution >= 0.6 is 0 Å². The molecule has 0 saturated heterocycles. The third kappa shape index (κ3) is 4.12. The molecule has 0 fully saturated rings. The molecular weight excluding hydrogens is 63.4 g/mol. The average Bonchev–Trinajstić information content (AvgIpc) is 1.41. The van der Waals surface area contributed by atoms with Gasteiger partial charge in [0.15, 0.2) is 0 Å². The average molecular weight is 69.5 g/mol. The predicted octanol–water partition coefficient (Wildman–Crippen LogP) is -1.33. The summed E-state index contributed by atoms with van der Waals surface area (Å²) < 4.78 is 11.0. The van der Waals surface area contributed by atoms with Gasteiger partial charge in [0.25, 0.3) is 7.45 Å². The van der Waals surface area contributed by atoms with E-state index < -0.39 is 0 Å². The highest BCUT2D eigenvalue weighted by Gasteiger charge is 1.81. The first-order valence-corrected chi connectivity index (χ1v) is 1.97. The molecule has 0 heterocycles. The third-order valence-electron chi connectivity index (χ3n) is 0.487. The number of hydrogen-bond acceptors (Lipinski definition) is 0. The van der Waals surface area contributed by atoms with E-state index in [2.05, 4.69) is 0 Å². The highest BCUT2D eigenvalue weighted by atomic mass is 19.1. The van der Waals surface area contributed by atoms with Crippen molar-refractivity contribution in [2.45, 2.75) is 6.22 Å². The van der Waals surface area contributed by atoms with Crippen molar-refractivity contribution in [2.24, 2.45) is 0 Å². The molecule has 5 heavy (non-hydrogen) atoms. The molecule has 0 aromatic rings. The minimum Gasteiger partial charge on any atom is -0.353 e. The second-order valence-electron chi connectivity index (χ2n) is 1.04. The van der Waals surface area contributed by atoms with Gasteiger partial charge in [0, 0.05) is 0 Å². The molecule has 0 unspecified atom stereocenters. The first-order chi connectivity index (χ1) is 2.41. The van der Waals surface area contributed by atoms with Crippen LogP contribution in [0.15, 0.2) is 0 Å². The normalized spacial score (nSPS) is 6.60. The molecule has 0 rings (SSSR count). The van der Waals surface area contributed by atoms with Crippen molar-refractivity contribution in [1.29, 1.82) is 0 Å². The van der Waals surface area contributed by atoms with Crippen molar-refractivity contribution >= 4 is 22.5 Å². The molecule has 26 valence electrons. The summed E-state index contributed by atoms with van der Waals surface area (Å²) in [5.41, 5.74) is 0. The summed E-state index contributed by atoms with van der Waals surface area (Å²) in [4.78, 5) is 0. The van der Waals surface area contributed by atoms with Gasteiger partial charge in [0.05, 0.1) is 7.85 Å². The lowest BCUT2D eigenvalue weighted by Crippen LogP contribution is -1.93. The van der Waals surface area contributed by atoms with Gasteiger partial charge in [0.1, 0.15) is 7.17 Å². The van der Waals surface area contributed by atoms with Crippen molar-refractivity contribution in [1.82, 2.24) is 0 Å². The Balaban J connectivity index is 2.19. The van der Waals surface area contributed by atoms with E-state index in [1.165, 1.54) is 0 Å². The van der Waals surface area contributed by atoms with Gasteiger partial charge in [-0.2, -0.15) is 0 Å². The van der Waals surface area contributed by atoms with E-state index in [4.69, 9.17) is 0 Å². The first kappa shape index (κ1) is 5.12. The van der Waals surface area contributed by atoms with Crippen molar-refractivity contribution in [3.05, 3.63) is 0 Å². The minimum atomic E-state index is -0.156. The van der Waals surface area contributed by atoms with E-state index in [-0.39, 0.29) is 7.45 Å². The van der Waals surface area contributed by atoms with Gasteiger partial charge in [-0.25, -0.2) is 0 Å². The van der Waals surface area contributed by atoms with E-state index in [1.54, 1.807) is 0 Å². The molecule has 0 aliphatic carbocycles. The summed E-state index contributed by atoms with van der Waals surface area (Å²) in [7, 11) is 2.54. The number of halogens is 1. The van der Waals surface area contributed by atoms with E-state index in [0.29, 0.717) is 0 Å². The SMILES string of the molecule is BCBBF. The van der Waals surface area contributed by atoms with Crippen LogP contribution < -0.4 is 0 Å². The predicted molar refractivity (Wildman–Crippen MR) is 28.8 cm³/mol. The molecule has 0 saturated carbocycles. The van der Waals surface area contributed by atoms with Crippen LogP contribution in [0, 0.1) is 0 Å². The lowest BCUT2D eigenvalue weighted by atomic mass is 9.46. The molecule has 0 bridgehead atoms. The van der Waals surface area contributed by atoms with Crippen LogP contribution in [0.1, 0.15) is 0 Å². The van der Waals surface area contributed by atoms with Gasteiger partial charge in [-0.3, -0.25) is 0 Å². The zero-order valence-corrected chi connectivity index (χ0v) is 3.50. The Morgan fingerprint density at radius 3 is 2.40 bits per heavy atom. The van der Waals surface area contributed by atoms with Crippen LogP contribution in [0.4, 0.5) is 4.32 Å². The molecule has 0 aromatic carbocycles. The Labute approximate surface area is 34.1 Å². The highest BCUT2D eigenvalue weighted by Crippen LogP contribution is 1.61. The van der Waals surface area contributed by atoms with E-state index in [0.717, 1.165) is 13.4 Å². The van der Waals surface area contributed by atoms with Crippen molar-refractivity contribution in [3.8, 4) is 0 Å². The monoisotopic (exact) mass is 70.1 g/mol. The van der Waals surface area contributed by atoms with Crippen molar-refractivity contribution < 1.29 is 4.32 Å². The molecule has 0 aromatic heterocycles. The number of rotatable bonds is 2. The van der Waals surface area contributed by atoms with Gasteiger partial charge in [0.2, 0.25) is 0 Å². The Kier molecular flexibility index (Phi) is 4.23. The summed E-state index contributed by atoms with van der Waals surface area (Å²) in [6, 6.07) is 0. The van der Waals surface area contributed by atoms with Crippen LogP contribution in [0.3, 0.4) is 0 Å². The zero-order valence-electron chi connectivity index (χ0n) is 3.50. The lowest BCUT2D eigenvalue weighted by Gasteiger charge is -1.68. The molecule has 0 spiro atoms. The van der Waals surface area contributed by atoms with Crippen molar-refractivity contribution in [3.63, 3.8) is 0 Å². The van der Waals surface area contributed by atoms with Crippen LogP contribution in [-0.4, -0.2) is 22.5 Å². The van der Waals surface area contributed by atoms with E-state index in [1.807, 2.05) is 7.85 Å². The summed E-state index contributed by atoms with van der Waals surface area (Å²) in [5, 5.41) is 0. The second-order valence-corrected chi connectivity index (χ2v) is 1.04. The third-order valence-corrected chi connectivity index (χ3v) is 0.487. The van der Waals surface area contributed by atoms with Crippen LogP contribution in [0.5, 0.6) is 0 Å². The molecule has 0 aliphatic rings. The molecule has 0 aliphatic heterocycles. The van der Waals surface area contributed by atoms with Gasteiger partial charge in [-0.05, 0) is 0 Å². The molecule has 4 heteroatoms. The largest absolute Gasteiger partial charge is 0.353 e. The van der Waals surface area contributed by atoms with Gasteiger partial charge < -0.3 is 4.32 Å². The fourth-order valence-corrected chi connectivity index (χ4v) is 0.134. The molecule has 0 nitrogen and oxygen atoms in total. The maximum absolute atomic E-state index is 11.0. The minimum absolute atomic E-state index is 0.156. The van der Waals surface area contributed by atoms with Crippen molar-refractivity contribution in [2.75, 3.05) is 0 Å². The van der Waals surface area contributed by atoms with Gasteiger partial charge >= 0.3 is 0 Å². The highest BCUT2D eigenvalue weighted by molar-refractivity contribution is 6.99. The zero-order chi connectivity index (χ0) is 4.12. The summed E-state index contributed by atoms with van der Waals surface area (Å²) in [5.74, 6) is 0. The molecule has 0 atom stereocenters. The quantitative estimate of drug-likeness (QED) is 0.353. The summed E-state index contributed by atoms with van der Waals surface area (Å²) >= 11 is 0. The summed E-state index contributed by atoms with van der Waals surface area (Å²) in [6.07, 6.45) is 0.969. The maximum atomic E-state index is 11.0. The standard InChI is InChI=1S/CH6B3F/c2-1-3-4-5/h3-4H,1-2H2. The van der Waals surface area contributed by atoms with Gasteiger partial charge in [-0.15, -0.1) is 6.22 Å². The lowest BCUT2D eigenvalue weighted by molar-refractivity contribution is 0.892. The molecule has 0 radical (unpaired) electrons. The molecule has 0 amide bonds. The van der Waals surface area contributed by atoms with Gasteiger partial charge in [-0.1, -0.05) is 0 Å². The Bertz CT molecular complexity index is 14.4. The van der Waals surface area contributed by atoms with E-state index >= 15 is 0 Å². The fourth-order valence-electron chi connectivity index (χ4n) is 0.134. The summed E-state index contributed by atoms with van der Waals surface area (Å²) in [6.45, 7) is 0. The van der Waals surface area contributed by atoms with Crippen LogP contribution in [0.25, 0.3) is 0 Å². The maximum Gasteiger partial charge on any atom is 0.289 e.